The fourth-order valence-electron chi connectivity index (χ4n) is 6.20. The van der Waals surface area contributed by atoms with Crippen LogP contribution in [0.4, 0.5) is 0 Å². The van der Waals surface area contributed by atoms with Crippen LogP contribution in [0, 0.1) is 0 Å². The number of aryl methyl sites for hydroxylation is 1. The third-order valence-corrected chi connectivity index (χ3v) is 8.80. The van der Waals surface area contributed by atoms with Gasteiger partial charge in [0.2, 0.25) is 0 Å². The van der Waals surface area contributed by atoms with Crippen LogP contribution < -0.4 is 15.8 Å². The molecule has 0 spiro atoms. The number of unbranched alkanes of at least 4 members (excludes halogenated alkanes) is 3. The molecule has 5 rings (SSSR count). The number of hydrogen-bond donors (Lipinski definition) is 5. The molecule has 1 heterocycles. The van der Waals surface area contributed by atoms with E-state index in [0.717, 1.165) is 71.2 Å². The molecule has 6 N–H and O–H groups in total. The molecule has 4 aromatic carbocycles. The van der Waals surface area contributed by atoms with Crippen molar-refractivity contribution in [3.8, 4) is 34.1 Å². The molecule has 0 fully saturated rings. The average molecular weight is 635 g/mol. The van der Waals surface area contributed by atoms with Crippen LogP contribution in [-0.4, -0.2) is 34.3 Å². The maximum Gasteiger partial charge on any atom is 0.161 e. The second-order valence-electron chi connectivity index (χ2n) is 12.3. The third-order valence-electron chi connectivity index (χ3n) is 8.80. The lowest BCUT2D eigenvalue weighted by molar-refractivity contribution is -0.114. The van der Waals surface area contributed by atoms with Gasteiger partial charge in [0, 0.05) is 31.4 Å². The van der Waals surface area contributed by atoms with E-state index in [0.29, 0.717) is 31.4 Å². The van der Waals surface area contributed by atoms with Gasteiger partial charge in [-0.1, -0.05) is 68.3 Å². The quantitative estimate of drug-likeness (QED) is 0.0681. The number of ketones is 1. The van der Waals surface area contributed by atoms with E-state index < -0.39 is 0 Å². The zero-order valence-electron chi connectivity index (χ0n) is 27.2. The first-order valence-electron chi connectivity index (χ1n) is 16.7. The van der Waals surface area contributed by atoms with Gasteiger partial charge in [-0.05, 0) is 101 Å². The fraction of sp³-hybridized carbons (Fsp3) is 0.325. The molecular weight excluding hydrogens is 588 g/mol. The topological polar surface area (TPSA) is 125 Å². The van der Waals surface area contributed by atoms with E-state index >= 15 is 0 Å². The van der Waals surface area contributed by atoms with Crippen molar-refractivity contribution >= 4 is 5.78 Å². The zero-order valence-corrected chi connectivity index (χ0v) is 27.2. The van der Waals surface area contributed by atoms with Crippen molar-refractivity contribution < 1.29 is 24.9 Å². The Balaban J connectivity index is 1.31. The minimum Gasteiger partial charge on any atom is -0.508 e. The van der Waals surface area contributed by atoms with Crippen molar-refractivity contribution in [2.45, 2.75) is 70.9 Å². The minimum atomic E-state index is -0.179. The van der Waals surface area contributed by atoms with E-state index in [9.17, 15) is 20.1 Å². The number of aromatic hydroxyl groups is 3. The first-order chi connectivity index (χ1) is 22.8. The molecule has 0 bridgehead atoms. The zero-order chi connectivity index (χ0) is 33.2. The summed E-state index contributed by atoms with van der Waals surface area (Å²) < 4.78 is 6.09. The SMILES string of the molecule is CCCCCC=CC(=O)CCc1ccc(O)c(OCCc2ccc(O)c(Cc3ccc4c(c3)CCNC4N)c2-c2ccc(O)cc2)c1. The van der Waals surface area contributed by atoms with Crippen molar-refractivity contribution in [3.05, 3.63) is 118 Å². The van der Waals surface area contributed by atoms with Crippen LogP contribution in [0.1, 0.15) is 78.6 Å². The van der Waals surface area contributed by atoms with E-state index in [1.807, 2.05) is 30.3 Å². The first-order valence-corrected chi connectivity index (χ1v) is 16.7. The summed E-state index contributed by atoms with van der Waals surface area (Å²) in [6.07, 6.45) is 10.7. The summed E-state index contributed by atoms with van der Waals surface area (Å²) in [4.78, 5) is 12.3. The molecule has 0 saturated heterocycles. The summed E-state index contributed by atoms with van der Waals surface area (Å²) in [5, 5.41) is 35.0. The third kappa shape index (κ3) is 9.03. The smallest absolute Gasteiger partial charge is 0.161 e. The van der Waals surface area contributed by atoms with E-state index in [1.54, 1.807) is 36.4 Å². The van der Waals surface area contributed by atoms with Crippen LogP contribution in [0.5, 0.6) is 23.0 Å². The van der Waals surface area contributed by atoms with Crippen LogP contribution in [0.15, 0.2) is 84.9 Å². The molecule has 47 heavy (non-hydrogen) atoms. The molecule has 7 heteroatoms. The molecule has 4 aromatic rings. The Kier molecular flexibility index (Phi) is 11.7. The van der Waals surface area contributed by atoms with E-state index in [4.69, 9.17) is 10.5 Å². The summed E-state index contributed by atoms with van der Waals surface area (Å²) in [5.41, 5.74) is 14.1. The normalized spacial score (nSPS) is 14.3. The molecule has 0 saturated carbocycles. The van der Waals surface area contributed by atoms with E-state index in [2.05, 4.69) is 30.4 Å². The summed E-state index contributed by atoms with van der Waals surface area (Å²) in [5.74, 6) is 0.878. The van der Waals surface area contributed by atoms with Gasteiger partial charge in [0.05, 0.1) is 12.8 Å². The van der Waals surface area contributed by atoms with Gasteiger partial charge >= 0.3 is 0 Å². The largest absolute Gasteiger partial charge is 0.508 e. The maximum atomic E-state index is 12.3. The van der Waals surface area contributed by atoms with Crippen molar-refractivity contribution in [3.63, 3.8) is 0 Å². The standard InChI is InChI=1S/C40H46N2O5/c1-2-3-4-5-6-7-32(43)14-8-27-10-18-37(46)38(26-27)47-23-21-30-13-19-36(45)35(39(30)29-11-15-33(44)16-12-29)25-28-9-17-34-31(24-28)20-22-42-40(34)41/h6-7,9-13,15-19,24,26,40,42,44-46H,2-5,8,14,20-23,25,41H2,1H3. The van der Waals surface area contributed by atoms with Crippen LogP contribution in [0.3, 0.4) is 0 Å². The first kappa shape index (κ1) is 33.8. The lowest BCUT2D eigenvalue weighted by Gasteiger charge is -2.24. The van der Waals surface area contributed by atoms with Gasteiger partial charge < -0.3 is 25.8 Å². The number of phenols is 3. The number of carbonyl (C=O) groups excluding carboxylic acids is 1. The maximum absolute atomic E-state index is 12.3. The lowest BCUT2D eigenvalue weighted by atomic mass is 9.87. The number of phenolic OH excluding ortho intramolecular Hbond substituents is 3. The molecule has 1 aliphatic rings. The lowest BCUT2D eigenvalue weighted by Crippen LogP contribution is -2.35. The van der Waals surface area contributed by atoms with Crippen LogP contribution in [-0.2, 0) is 30.5 Å². The van der Waals surface area contributed by atoms with Crippen LogP contribution in [0.2, 0.25) is 0 Å². The second-order valence-corrected chi connectivity index (χ2v) is 12.3. The van der Waals surface area contributed by atoms with E-state index in [1.165, 1.54) is 12.0 Å². The number of carbonyl (C=O) groups is 1. The number of nitrogens with one attached hydrogen (secondary N) is 1. The number of fused-ring (bicyclic) bond motifs is 1. The van der Waals surface area contributed by atoms with Crippen LogP contribution in [0.25, 0.3) is 11.1 Å². The van der Waals surface area contributed by atoms with Crippen molar-refractivity contribution in [1.29, 1.82) is 0 Å². The van der Waals surface area contributed by atoms with Gasteiger partial charge in [-0.2, -0.15) is 0 Å². The highest BCUT2D eigenvalue weighted by Crippen LogP contribution is 2.37. The summed E-state index contributed by atoms with van der Waals surface area (Å²) >= 11 is 0. The number of ether oxygens (including phenoxy) is 1. The Morgan fingerprint density at radius 2 is 1.72 bits per heavy atom. The summed E-state index contributed by atoms with van der Waals surface area (Å²) in [7, 11) is 0. The van der Waals surface area contributed by atoms with Gasteiger partial charge in [-0.3, -0.25) is 10.1 Å². The van der Waals surface area contributed by atoms with Gasteiger partial charge in [0.15, 0.2) is 17.3 Å². The highest BCUT2D eigenvalue weighted by Gasteiger charge is 2.19. The van der Waals surface area contributed by atoms with Crippen molar-refractivity contribution in [1.82, 2.24) is 5.32 Å². The fourth-order valence-corrected chi connectivity index (χ4v) is 6.20. The molecule has 0 amide bonds. The predicted molar refractivity (Wildman–Crippen MR) is 187 cm³/mol. The summed E-state index contributed by atoms with van der Waals surface area (Å²) in [6, 6.07) is 22.2. The number of allylic oxidation sites excluding steroid dienone is 2. The molecule has 0 radical (unpaired) electrons. The van der Waals surface area contributed by atoms with Gasteiger partial charge in [0.1, 0.15) is 11.5 Å². The molecule has 1 atom stereocenters. The van der Waals surface area contributed by atoms with E-state index in [-0.39, 0.29) is 35.8 Å². The number of nitrogens with two attached hydrogens (primary N) is 1. The van der Waals surface area contributed by atoms with Gasteiger partial charge in [0.25, 0.3) is 0 Å². The number of hydrogen-bond acceptors (Lipinski definition) is 7. The Bertz CT molecular complexity index is 1700. The van der Waals surface area contributed by atoms with Gasteiger partial charge in [-0.25, -0.2) is 0 Å². The highest BCUT2D eigenvalue weighted by atomic mass is 16.5. The average Bonchev–Trinajstić information content (AvgIpc) is 3.07. The molecule has 246 valence electrons. The molecule has 1 unspecified atom stereocenters. The van der Waals surface area contributed by atoms with Crippen molar-refractivity contribution in [2.75, 3.05) is 13.2 Å². The Hall–Kier alpha value is -4.59. The molecule has 0 aromatic heterocycles. The predicted octanol–water partition coefficient (Wildman–Crippen LogP) is 7.42. The van der Waals surface area contributed by atoms with Gasteiger partial charge in [-0.15, -0.1) is 0 Å². The minimum absolute atomic E-state index is 0.0448. The molecular formula is C40H46N2O5. The molecule has 0 aliphatic carbocycles. The highest BCUT2D eigenvalue weighted by molar-refractivity contribution is 5.89. The Morgan fingerprint density at radius 3 is 2.53 bits per heavy atom. The monoisotopic (exact) mass is 634 g/mol. The van der Waals surface area contributed by atoms with Crippen molar-refractivity contribution in [2.24, 2.45) is 5.73 Å². The molecule has 7 nitrogen and oxygen atoms in total. The molecule has 1 aliphatic heterocycles. The summed E-state index contributed by atoms with van der Waals surface area (Å²) in [6.45, 7) is 3.27. The second kappa shape index (κ2) is 16.3. The number of rotatable bonds is 15. The Labute approximate surface area is 277 Å². The van der Waals surface area contributed by atoms with Crippen LogP contribution >= 0.6 is 0 Å². The Morgan fingerprint density at radius 1 is 0.936 bits per heavy atom. The number of benzene rings is 4.